The monoisotopic (exact) mass is 468 g/mol. The molecule has 33 heavy (non-hydrogen) atoms. The molecule has 3 rings (SSSR count). The van der Waals surface area contributed by atoms with Crippen molar-refractivity contribution in [2.75, 3.05) is 26.4 Å². The normalized spacial score (nSPS) is 15.6. The first kappa shape index (κ1) is 26.3. The van der Waals surface area contributed by atoms with Crippen LogP contribution in [0, 0.1) is 5.41 Å². The van der Waals surface area contributed by atoms with Gasteiger partial charge in [0.05, 0.1) is 6.54 Å². The van der Waals surface area contributed by atoms with Crippen molar-refractivity contribution in [3.05, 3.63) is 41.2 Å². The number of alkyl halides is 3. The molecule has 182 valence electrons. The number of anilines is 1. The smallest absolute Gasteiger partial charge is 0.475 e. The fourth-order valence-electron chi connectivity index (χ4n) is 3.31. The molecule has 2 aromatic rings. The van der Waals surface area contributed by atoms with Gasteiger partial charge in [0.2, 0.25) is 0 Å². The van der Waals surface area contributed by atoms with Crippen molar-refractivity contribution in [2.45, 2.75) is 52.3 Å². The van der Waals surface area contributed by atoms with Crippen molar-refractivity contribution in [2.24, 2.45) is 5.41 Å². The maximum atomic E-state index is 10.6. The molecule has 0 radical (unpaired) electrons. The zero-order chi connectivity index (χ0) is 24.8. The molecule has 11 heteroatoms. The summed E-state index contributed by atoms with van der Waals surface area (Å²) in [6.07, 6.45) is 1.38. The highest BCUT2D eigenvalue weighted by Gasteiger charge is 2.38. The van der Waals surface area contributed by atoms with E-state index in [9.17, 15) is 13.2 Å². The molecule has 0 aliphatic heterocycles. The maximum absolute atomic E-state index is 10.6. The van der Waals surface area contributed by atoms with Crippen molar-refractivity contribution in [1.82, 2.24) is 25.1 Å². The van der Waals surface area contributed by atoms with Crippen LogP contribution < -0.4 is 5.73 Å². The first-order valence-corrected chi connectivity index (χ1v) is 10.6. The zero-order valence-electron chi connectivity index (χ0n) is 19.4. The number of carboxylic acids is 1. The van der Waals surface area contributed by atoms with Crippen LogP contribution >= 0.6 is 0 Å². The van der Waals surface area contributed by atoms with E-state index >= 15 is 0 Å². The Kier molecular flexibility index (Phi) is 8.59. The number of benzene rings is 1. The Morgan fingerprint density at radius 3 is 2.52 bits per heavy atom. The number of allylic oxidation sites excluding steroid dienone is 2. The third-order valence-corrected chi connectivity index (χ3v) is 5.41. The van der Waals surface area contributed by atoms with Gasteiger partial charge in [-0.15, -0.1) is 5.10 Å². The molecule has 0 saturated heterocycles. The van der Waals surface area contributed by atoms with Crippen molar-refractivity contribution in [3.63, 3.8) is 0 Å². The predicted octanol–water partition coefficient (Wildman–Crippen LogP) is 3.63. The van der Waals surface area contributed by atoms with E-state index in [0.29, 0.717) is 11.8 Å². The van der Waals surface area contributed by atoms with Gasteiger partial charge in [-0.3, -0.25) is 0 Å². The summed E-state index contributed by atoms with van der Waals surface area (Å²) in [5.41, 5.74) is 11.3. The van der Waals surface area contributed by atoms with Crippen molar-refractivity contribution in [3.8, 4) is 0 Å². The Morgan fingerprint density at radius 1 is 1.30 bits per heavy atom. The third-order valence-electron chi connectivity index (χ3n) is 5.41. The minimum atomic E-state index is -5.08. The summed E-state index contributed by atoms with van der Waals surface area (Å²) in [5, 5.41) is 19.3. The highest BCUT2D eigenvalue weighted by molar-refractivity contribution is 5.76. The summed E-state index contributed by atoms with van der Waals surface area (Å²) >= 11 is 0. The van der Waals surface area contributed by atoms with Crippen LogP contribution in [0.5, 0.6) is 0 Å². The number of nitrogen functional groups attached to an aromatic ring is 1. The number of aromatic nitrogens is 4. The van der Waals surface area contributed by atoms with Crippen LogP contribution in [0.2, 0.25) is 0 Å². The molecule has 8 nitrogen and oxygen atoms in total. The molecule has 0 bridgehead atoms. The first-order valence-electron chi connectivity index (χ1n) is 10.6. The number of carbonyl (C=O) groups is 1. The van der Waals surface area contributed by atoms with Gasteiger partial charge in [0, 0.05) is 24.2 Å². The SMILES string of the molecule is CN(C)CCn1nnnc1Cc1ccc(N)c(C2=CCC(C)(C)CC2)c1.O=C(O)C(F)(F)F. The number of tetrazole rings is 1. The van der Waals surface area contributed by atoms with Gasteiger partial charge in [0.1, 0.15) is 0 Å². The summed E-state index contributed by atoms with van der Waals surface area (Å²) in [5.74, 6) is -1.87. The van der Waals surface area contributed by atoms with Crippen LogP contribution in [-0.4, -0.2) is 63.0 Å². The van der Waals surface area contributed by atoms with E-state index in [1.165, 1.54) is 23.1 Å². The number of hydrogen-bond acceptors (Lipinski definition) is 6. The molecular weight excluding hydrogens is 437 g/mol. The summed E-state index contributed by atoms with van der Waals surface area (Å²) in [6, 6.07) is 6.31. The van der Waals surface area contributed by atoms with Crippen molar-refractivity contribution < 1.29 is 23.1 Å². The van der Waals surface area contributed by atoms with Gasteiger partial charge in [0.15, 0.2) is 5.82 Å². The molecule has 1 aromatic carbocycles. The van der Waals surface area contributed by atoms with Gasteiger partial charge in [-0.25, -0.2) is 9.48 Å². The maximum Gasteiger partial charge on any atom is 0.490 e. The fraction of sp³-hybridized carbons (Fsp3) is 0.545. The summed E-state index contributed by atoms with van der Waals surface area (Å²) < 4.78 is 33.6. The lowest BCUT2D eigenvalue weighted by molar-refractivity contribution is -0.192. The lowest BCUT2D eigenvalue weighted by atomic mass is 9.76. The number of nitrogens with two attached hydrogens (primary N) is 1. The predicted molar refractivity (Wildman–Crippen MR) is 119 cm³/mol. The van der Waals surface area contributed by atoms with E-state index in [1.54, 1.807) is 0 Å². The summed E-state index contributed by atoms with van der Waals surface area (Å²) in [6.45, 7) is 6.35. The molecule has 0 fully saturated rings. The summed E-state index contributed by atoms with van der Waals surface area (Å²) in [4.78, 5) is 11.0. The summed E-state index contributed by atoms with van der Waals surface area (Å²) in [7, 11) is 4.10. The largest absolute Gasteiger partial charge is 0.490 e. The number of likely N-dealkylation sites (N-methyl/N-ethyl adjacent to an activating group) is 1. The van der Waals surface area contributed by atoms with E-state index < -0.39 is 12.1 Å². The highest BCUT2D eigenvalue weighted by atomic mass is 19.4. The van der Waals surface area contributed by atoms with E-state index in [-0.39, 0.29) is 0 Å². The first-order chi connectivity index (χ1) is 15.3. The van der Waals surface area contributed by atoms with Crippen LogP contribution in [0.25, 0.3) is 5.57 Å². The Hall–Kier alpha value is -2.95. The van der Waals surface area contributed by atoms with Crippen molar-refractivity contribution >= 4 is 17.2 Å². The van der Waals surface area contributed by atoms with E-state index in [1.807, 2.05) is 10.7 Å². The molecule has 1 heterocycles. The highest BCUT2D eigenvalue weighted by Crippen LogP contribution is 2.39. The van der Waals surface area contributed by atoms with Gasteiger partial charge in [0.25, 0.3) is 0 Å². The number of halogens is 3. The molecule has 0 spiro atoms. The quantitative estimate of drug-likeness (QED) is 0.623. The average molecular weight is 469 g/mol. The van der Waals surface area contributed by atoms with Gasteiger partial charge >= 0.3 is 12.1 Å². The Labute approximate surface area is 191 Å². The Bertz CT molecular complexity index is 983. The molecule has 1 aromatic heterocycles. The van der Waals surface area contributed by atoms with E-state index in [4.69, 9.17) is 15.6 Å². The second kappa shape index (κ2) is 10.8. The third kappa shape index (κ3) is 8.16. The van der Waals surface area contributed by atoms with Gasteiger partial charge in [-0.1, -0.05) is 26.0 Å². The van der Waals surface area contributed by atoms with E-state index in [2.05, 4.69) is 66.6 Å². The van der Waals surface area contributed by atoms with Crippen LogP contribution in [0.1, 0.15) is 50.1 Å². The number of carboxylic acid groups (broad SMARTS) is 1. The molecule has 1 aliphatic rings. The zero-order valence-corrected chi connectivity index (χ0v) is 19.4. The molecule has 0 unspecified atom stereocenters. The van der Waals surface area contributed by atoms with Crippen LogP contribution in [0.4, 0.5) is 18.9 Å². The topological polar surface area (TPSA) is 110 Å². The number of rotatable bonds is 6. The minimum absolute atomic E-state index is 0.393. The lowest BCUT2D eigenvalue weighted by Gasteiger charge is -2.29. The molecular formula is C22H31F3N6O2. The molecule has 3 N–H and O–H groups in total. The molecule has 0 saturated carbocycles. The Balaban J connectivity index is 0.000000479. The standard InChI is InChI=1S/C20H30N6.C2HF3O2/c1-20(2)9-7-16(8-10-20)17-13-15(5-6-18(17)21)14-19-22-23-24-26(19)12-11-25(3)4;3-2(4,5)1(6)7/h5-7,13H,8-12,14,21H2,1-4H3;(H,6,7). The van der Waals surface area contributed by atoms with Gasteiger partial charge < -0.3 is 15.7 Å². The van der Waals surface area contributed by atoms with Crippen molar-refractivity contribution in [1.29, 1.82) is 0 Å². The second-order valence-electron chi connectivity index (χ2n) is 9.12. The molecule has 0 amide bonds. The second-order valence-corrected chi connectivity index (χ2v) is 9.12. The van der Waals surface area contributed by atoms with Gasteiger partial charge in [-0.05, 0) is 72.5 Å². The van der Waals surface area contributed by atoms with Crippen LogP contribution in [0.15, 0.2) is 24.3 Å². The molecule has 0 atom stereocenters. The van der Waals surface area contributed by atoms with Gasteiger partial charge in [-0.2, -0.15) is 13.2 Å². The van der Waals surface area contributed by atoms with Crippen LogP contribution in [-0.2, 0) is 17.8 Å². The average Bonchev–Trinajstić information content (AvgIpc) is 3.15. The number of hydrogen-bond donors (Lipinski definition) is 2. The number of aliphatic carboxylic acids is 1. The number of nitrogens with zero attached hydrogens (tertiary/aromatic N) is 5. The Morgan fingerprint density at radius 2 is 1.97 bits per heavy atom. The van der Waals surface area contributed by atoms with E-state index in [0.717, 1.165) is 37.4 Å². The fourth-order valence-corrected chi connectivity index (χ4v) is 3.31. The molecule has 1 aliphatic carbocycles. The lowest BCUT2D eigenvalue weighted by Crippen LogP contribution is -2.21. The minimum Gasteiger partial charge on any atom is -0.475 e. The van der Waals surface area contributed by atoms with Crippen LogP contribution in [0.3, 0.4) is 0 Å².